The minimum Gasteiger partial charge on any atom is -0.399 e. The van der Waals surface area contributed by atoms with Gasteiger partial charge in [0.1, 0.15) is 0 Å². The minimum atomic E-state index is -0.386. The zero-order valence-electron chi connectivity index (χ0n) is 10.2. The van der Waals surface area contributed by atoms with Crippen molar-refractivity contribution in [3.05, 3.63) is 35.9 Å². The van der Waals surface area contributed by atoms with E-state index in [2.05, 4.69) is 0 Å². The minimum absolute atomic E-state index is 0.0591. The standard InChI is InChI=1S/C14H18N2O2/c15-12-4-1-3-11(9-12)6-7-14(18)16-8-2-5-13(17)10-16/h1,3-4,6-7,9,13,17H,2,5,8,10,15H2/b7-6+. The number of carbonyl (C=O) groups excluding carboxylic acids is 1. The van der Waals surface area contributed by atoms with Crippen LogP contribution >= 0.6 is 0 Å². The Morgan fingerprint density at radius 2 is 2.33 bits per heavy atom. The lowest BCUT2D eigenvalue weighted by Crippen LogP contribution is -2.41. The van der Waals surface area contributed by atoms with Crippen LogP contribution in [-0.2, 0) is 4.79 Å². The molecule has 2 rings (SSSR count). The summed E-state index contributed by atoms with van der Waals surface area (Å²) in [7, 11) is 0. The van der Waals surface area contributed by atoms with E-state index >= 15 is 0 Å². The van der Waals surface area contributed by atoms with E-state index in [1.165, 1.54) is 6.08 Å². The lowest BCUT2D eigenvalue weighted by atomic mass is 10.1. The molecule has 0 aliphatic carbocycles. The maximum absolute atomic E-state index is 11.9. The van der Waals surface area contributed by atoms with Gasteiger partial charge in [0.2, 0.25) is 5.91 Å². The summed E-state index contributed by atoms with van der Waals surface area (Å²) in [4.78, 5) is 13.6. The number of aliphatic hydroxyl groups is 1. The van der Waals surface area contributed by atoms with Crippen LogP contribution in [0.4, 0.5) is 5.69 Å². The molecule has 3 N–H and O–H groups in total. The molecule has 1 unspecified atom stereocenters. The van der Waals surface area contributed by atoms with Gasteiger partial charge in [0, 0.05) is 24.9 Å². The molecule has 0 aromatic heterocycles. The fraction of sp³-hybridized carbons (Fsp3) is 0.357. The van der Waals surface area contributed by atoms with Gasteiger partial charge >= 0.3 is 0 Å². The number of nitrogens with two attached hydrogens (primary N) is 1. The van der Waals surface area contributed by atoms with Crippen molar-refractivity contribution in [1.82, 2.24) is 4.90 Å². The molecular weight excluding hydrogens is 228 g/mol. The molecule has 1 atom stereocenters. The molecule has 96 valence electrons. The van der Waals surface area contributed by atoms with Crippen LogP contribution in [0.1, 0.15) is 18.4 Å². The number of aliphatic hydroxyl groups excluding tert-OH is 1. The Kier molecular flexibility index (Phi) is 3.99. The van der Waals surface area contributed by atoms with Gasteiger partial charge in [0.15, 0.2) is 0 Å². The summed E-state index contributed by atoms with van der Waals surface area (Å²) in [6.07, 6.45) is 4.54. The summed E-state index contributed by atoms with van der Waals surface area (Å²) in [5.41, 5.74) is 7.25. The van der Waals surface area contributed by atoms with Gasteiger partial charge in [-0.3, -0.25) is 4.79 Å². The number of piperidine rings is 1. The highest BCUT2D eigenvalue weighted by Gasteiger charge is 2.20. The zero-order chi connectivity index (χ0) is 13.0. The van der Waals surface area contributed by atoms with Crippen LogP contribution in [0, 0.1) is 0 Å². The summed E-state index contributed by atoms with van der Waals surface area (Å²) in [5, 5.41) is 9.52. The number of likely N-dealkylation sites (tertiary alicyclic amines) is 1. The fourth-order valence-corrected chi connectivity index (χ4v) is 2.09. The maximum atomic E-state index is 11.9. The Balaban J connectivity index is 1.98. The number of hydrogen-bond acceptors (Lipinski definition) is 3. The monoisotopic (exact) mass is 246 g/mol. The molecule has 1 heterocycles. The first kappa shape index (κ1) is 12.6. The SMILES string of the molecule is Nc1cccc(/C=C/C(=O)N2CCCC(O)C2)c1. The lowest BCUT2D eigenvalue weighted by molar-refractivity contribution is -0.128. The zero-order valence-corrected chi connectivity index (χ0v) is 10.2. The van der Waals surface area contributed by atoms with Gasteiger partial charge < -0.3 is 15.7 Å². The van der Waals surface area contributed by atoms with Crippen LogP contribution in [0.25, 0.3) is 6.08 Å². The van der Waals surface area contributed by atoms with E-state index in [1.807, 2.05) is 18.2 Å². The number of amides is 1. The quantitative estimate of drug-likeness (QED) is 0.610. The number of nitrogen functional groups attached to an aromatic ring is 1. The summed E-state index contributed by atoms with van der Waals surface area (Å²) >= 11 is 0. The van der Waals surface area contributed by atoms with E-state index in [1.54, 1.807) is 17.0 Å². The van der Waals surface area contributed by atoms with Crippen LogP contribution in [0.3, 0.4) is 0 Å². The van der Waals surface area contributed by atoms with Crippen LogP contribution in [-0.4, -0.2) is 35.1 Å². The summed E-state index contributed by atoms with van der Waals surface area (Å²) < 4.78 is 0. The number of benzene rings is 1. The number of anilines is 1. The molecule has 4 nitrogen and oxygen atoms in total. The van der Waals surface area contributed by atoms with E-state index in [0.29, 0.717) is 12.2 Å². The second kappa shape index (κ2) is 5.69. The van der Waals surface area contributed by atoms with Gasteiger partial charge in [0.25, 0.3) is 0 Å². The third-order valence-corrected chi connectivity index (χ3v) is 3.04. The average molecular weight is 246 g/mol. The molecule has 0 bridgehead atoms. The number of nitrogens with zero attached hydrogens (tertiary/aromatic N) is 1. The average Bonchev–Trinajstić information content (AvgIpc) is 2.36. The molecule has 0 spiro atoms. The van der Waals surface area contributed by atoms with E-state index in [9.17, 15) is 9.90 Å². The van der Waals surface area contributed by atoms with Crippen LogP contribution < -0.4 is 5.73 Å². The predicted molar refractivity (Wildman–Crippen MR) is 71.7 cm³/mol. The van der Waals surface area contributed by atoms with Gasteiger partial charge in [-0.15, -0.1) is 0 Å². The first-order chi connectivity index (χ1) is 8.65. The van der Waals surface area contributed by atoms with Crippen LogP contribution in [0.5, 0.6) is 0 Å². The Bertz CT molecular complexity index is 457. The summed E-state index contributed by atoms with van der Waals surface area (Å²) in [5.74, 6) is -0.0591. The third-order valence-electron chi connectivity index (χ3n) is 3.04. The van der Waals surface area contributed by atoms with E-state index in [4.69, 9.17) is 5.73 Å². The van der Waals surface area contributed by atoms with Crippen LogP contribution in [0.2, 0.25) is 0 Å². The number of hydrogen-bond donors (Lipinski definition) is 2. The summed E-state index contributed by atoms with van der Waals surface area (Å²) in [6, 6.07) is 7.37. The Morgan fingerprint density at radius 3 is 3.06 bits per heavy atom. The number of carbonyl (C=O) groups is 1. The molecular formula is C14H18N2O2. The topological polar surface area (TPSA) is 66.6 Å². The molecule has 1 aromatic carbocycles. The molecule has 1 saturated heterocycles. The molecule has 1 aromatic rings. The molecule has 1 aliphatic rings. The Hall–Kier alpha value is -1.81. The Morgan fingerprint density at radius 1 is 1.50 bits per heavy atom. The molecule has 0 radical (unpaired) electrons. The first-order valence-electron chi connectivity index (χ1n) is 6.16. The Labute approximate surface area is 107 Å². The third kappa shape index (κ3) is 3.34. The molecule has 1 amide bonds. The van der Waals surface area contributed by atoms with Gasteiger partial charge in [-0.25, -0.2) is 0 Å². The van der Waals surface area contributed by atoms with Gasteiger partial charge in [-0.1, -0.05) is 12.1 Å². The smallest absolute Gasteiger partial charge is 0.246 e. The maximum Gasteiger partial charge on any atom is 0.246 e. The number of β-amino-alcohol motifs (C(OH)–C–C–N with tert-alkyl or cyclic N) is 1. The van der Waals surface area contributed by atoms with Crippen molar-refractivity contribution in [2.45, 2.75) is 18.9 Å². The van der Waals surface area contributed by atoms with Crippen LogP contribution in [0.15, 0.2) is 30.3 Å². The van der Waals surface area contributed by atoms with E-state index in [0.717, 1.165) is 24.9 Å². The predicted octanol–water partition coefficient (Wildman–Crippen LogP) is 1.27. The van der Waals surface area contributed by atoms with Crippen molar-refractivity contribution in [1.29, 1.82) is 0 Å². The number of rotatable bonds is 2. The molecule has 1 aliphatic heterocycles. The molecule has 0 saturated carbocycles. The second-order valence-electron chi connectivity index (χ2n) is 4.58. The summed E-state index contributed by atoms with van der Waals surface area (Å²) in [6.45, 7) is 1.15. The van der Waals surface area contributed by atoms with E-state index in [-0.39, 0.29) is 12.0 Å². The van der Waals surface area contributed by atoms with Crippen molar-refractivity contribution >= 4 is 17.7 Å². The normalized spacial score (nSPS) is 20.3. The highest BCUT2D eigenvalue weighted by atomic mass is 16.3. The van der Waals surface area contributed by atoms with Crippen molar-refractivity contribution in [3.63, 3.8) is 0 Å². The second-order valence-corrected chi connectivity index (χ2v) is 4.58. The van der Waals surface area contributed by atoms with Crippen molar-refractivity contribution < 1.29 is 9.90 Å². The highest BCUT2D eigenvalue weighted by molar-refractivity contribution is 5.92. The van der Waals surface area contributed by atoms with Gasteiger partial charge in [-0.2, -0.15) is 0 Å². The molecule has 18 heavy (non-hydrogen) atoms. The lowest BCUT2D eigenvalue weighted by Gasteiger charge is -2.29. The van der Waals surface area contributed by atoms with Crippen molar-refractivity contribution in [2.24, 2.45) is 0 Å². The van der Waals surface area contributed by atoms with Gasteiger partial charge in [0.05, 0.1) is 6.10 Å². The highest BCUT2D eigenvalue weighted by Crippen LogP contribution is 2.12. The fourth-order valence-electron chi connectivity index (χ4n) is 2.09. The largest absolute Gasteiger partial charge is 0.399 e. The molecule has 4 heteroatoms. The van der Waals surface area contributed by atoms with Gasteiger partial charge in [-0.05, 0) is 36.6 Å². The molecule has 1 fully saturated rings. The van der Waals surface area contributed by atoms with Crippen molar-refractivity contribution in [2.75, 3.05) is 18.8 Å². The van der Waals surface area contributed by atoms with E-state index < -0.39 is 0 Å². The first-order valence-corrected chi connectivity index (χ1v) is 6.16. The van der Waals surface area contributed by atoms with Crippen molar-refractivity contribution in [3.8, 4) is 0 Å².